The van der Waals surface area contributed by atoms with Gasteiger partial charge in [0.1, 0.15) is 23.0 Å². The molecular weight excluding hydrogens is 746 g/mol. The Morgan fingerprint density at radius 1 is 0.415 bits per heavy atom. The predicted molar refractivity (Wildman–Crippen MR) is 157 cm³/mol. The van der Waals surface area contributed by atoms with Crippen LogP contribution in [0, 0.1) is 0 Å². The Hall–Kier alpha value is -6.34. The van der Waals surface area contributed by atoms with Gasteiger partial charge in [-0.1, -0.05) is 24.3 Å². The van der Waals surface area contributed by atoms with Crippen molar-refractivity contribution < 1.29 is 93.0 Å². The van der Waals surface area contributed by atoms with Crippen LogP contribution >= 0.6 is 0 Å². The summed E-state index contributed by atoms with van der Waals surface area (Å²) >= 11 is 0. The Morgan fingerprint density at radius 3 is 1.00 bits per heavy atom. The number of benzene rings is 4. The highest BCUT2D eigenvalue weighted by Gasteiger charge is 2.85. The van der Waals surface area contributed by atoms with Crippen LogP contribution in [0.4, 0.5) is 43.9 Å². The highest BCUT2D eigenvalue weighted by molar-refractivity contribution is 6.02. The number of halogens is 10. The molecule has 4 aromatic rings. The zero-order valence-corrected chi connectivity index (χ0v) is 25.6. The Balaban J connectivity index is 2.01. The quantitative estimate of drug-likeness (QED) is 0.102. The van der Waals surface area contributed by atoms with Crippen LogP contribution in [-0.4, -0.2) is 68.5 Å². The fraction of sp³-hybridized carbons (Fsp3) is 0.152. The number of carboxylic acid groups (broad SMARTS) is 4. The third-order valence-corrected chi connectivity index (χ3v) is 7.56. The van der Waals surface area contributed by atoms with Gasteiger partial charge in [-0.2, -0.15) is 43.9 Å². The van der Waals surface area contributed by atoms with Gasteiger partial charge in [0.15, 0.2) is 5.41 Å². The van der Waals surface area contributed by atoms with Crippen LogP contribution in [0.5, 0.6) is 23.0 Å². The lowest BCUT2D eigenvalue weighted by molar-refractivity contribution is -0.375. The van der Waals surface area contributed by atoms with Crippen LogP contribution in [0.1, 0.15) is 52.6 Å². The van der Waals surface area contributed by atoms with Gasteiger partial charge in [-0.15, -0.1) is 0 Å². The Labute approximate surface area is 288 Å². The van der Waals surface area contributed by atoms with E-state index in [1.54, 1.807) is 0 Å². The summed E-state index contributed by atoms with van der Waals surface area (Å²) in [4.78, 5) is 45.8. The van der Waals surface area contributed by atoms with Gasteiger partial charge in [0, 0.05) is 0 Å². The molecule has 0 amide bonds. The van der Waals surface area contributed by atoms with Crippen molar-refractivity contribution >= 4 is 23.9 Å². The maximum absolute atomic E-state index is 15.9. The van der Waals surface area contributed by atoms with Crippen molar-refractivity contribution in [2.45, 2.75) is 29.6 Å². The average Bonchev–Trinajstić information content (AvgIpc) is 3.04. The van der Waals surface area contributed by atoms with Crippen molar-refractivity contribution in [3.05, 3.63) is 118 Å². The van der Waals surface area contributed by atoms with Crippen LogP contribution in [0.3, 0.4) is 0 Å². The SMILES string of the molecule is O=C(O)c1ccc(Oc2cccc(C(c3cccc(Oc4ccc(C(=O)O)c(C(=O)O)c4)c3)(C(F)(F)C(F)(F)F)C(F)(F)C(F)(F)F)c2)cc1C(=O)O. The molecule has 0 aliphatic heterocycles. The van der Waals surface area contributed by atoms with E-state index in [0.717, 1.165) is 12.1 Å². The number of carbonyl (C=O) groups is 4. The second-order valence-electron chi connectivity index (χ2n) is 10.8. The minimum atomic E-state index is -7.14. The van der Waals surface area contributed by atoms with Gasteiger partial charge in [-0.25, -0.2) is 19.2 Å². The Bertz CT molecular complexity index is 1960. The molecule has 0 fully saturated rings. The molecule has 0 heterocycles. The van der Waals surface area contributed by atoms with Crippen LogP contribution in [0.15, 0.2) is 84.9 Å². The zero-order valence-electron chi connectivity index (χ0n) is 25.6. The standard InChI is InChI=1S/C33H18F10O10/c34-30(35,32(38,39)40)29(31(36,37)33(41,42)43,15-3-1-5-17(11-15)52-19-7-9-21(25(44)45)23(13-19)27(48)49)16-4-2-6-18(12-16)53-20-8-10-22(26(46)47)24(14-20)28(50)51/h1-14H,(H,44,45)(H,46,47)(H,48,49)(H,50,51). The lowest BCUT2D eigenvalue weighted by Crippen LogP contribution is -2.68. The van der Waals surface area contributed by atoms with Gasteiger partial charge in [-0.05, 0) is 71.8 Å². The summed E-state index contributed by atoms with van der Waals surface area (Å²) in [7, 11) is 0. The maximum atomic E-state index is 15.9. The van der Waals surface area contributed by atoms with Crippen molar-refractivity contribution in [2.75, 3.05) is 0 Å². The third-order valence-electron chi connectivity index (χ3n) is 7.56. The number of aromatic carboxylic acids is 4. The normalized spacial score (nSPS) is 12.6. The highest BCUT2D eigenvalue weighted by atomic mass is 19.4. The van der Waals surface area contributed by atoms with E-state index in [1.165, 1.54) is 0 Å². The highest BCUT2D eigenvalue weighted by Crippen LogP contribution is 2.64. The van der Waals surface area contributed by atoms with Crippen molar-refractivity contribution in [1.29, 1.82) is 0 Å². The Morgan fingerprint density at radius 2 is 0.717 bits per heavy atom. The van der Waals surface area contributed by atoms with E-state index in [2.05, 4.69) is 0 Å². The third kappa shape index (κ3) is 6.98. The van der Waals surface area contributed by atoms with Crippen LogP contribution in [-0.2, 0) is 5.41 Å². The van der Waals surface area contributed by atoms with Crippen molar-refractivity contribution in [1.82, 2.24) is 0 Å². The monoisotopic (exact) mass is 764 g/mol. The predicted octanol–water partition coefficient (Wildman–Crippen LogP) is 8.75. The van der Waals surface area contributed by atoms with Crippen molar-refractivity contribution in [3.8, 4) is 23.0 Å². The molecule has 0 unspecified atom stereocenters. The van der Waals surface area contributed by atoms with Crippen molar-refractivity contribution in [2.24, 2.45) is 0 Å². The molecule has 0 atom stereocenters. The molecule has 280 valence electrons. The topological polar surface area (TPSA) is 168 Å². The molecule has 0 aliphatic rings. The number of alkyl halides is 10. The fourth-order valence-corrected chi connectivity index (χ4v) is 5.27. The van der Waals surface area contributed by atoms with Gasteiger partial charge >= 0.3 is 48.1 Å². The second-order valence-corrected chi connectivity index (χ2v) is 10.8. The number of hydrogen-bond acceptors (Lipinski definition) is 6. The summed E-state index contributed by atoms with van der Waals surface area (Å²) in [5, 5.41) is 37.1. The molecule has 0 spiro atoms. The van der Waals surface area contributed by atoms with Gasteiger partial charge in [-0.3, -0.25) is 0 Å². The van der Waals surface area contributed by atoms with Gasteiger partial charge in [0.05, 0.1) is 22.3 Å². The molecule has 4 aromatic carbocycles. The summed E-state index contributed by atoms with van der Waals surface area (Å²) in [6.45, 7) is 0. The minimum absolute atomic E-state index is 0.0257. The van der Waals surface area contributed by atoms with Gasteiger partial charge in [0.2, 0.25) is 0 Å². The molecule has 0 bridgehead atoms. The molecule has 4 N–H and O–H groups in total. The molecule has 0 aromatic heterocycles. The van der Waals surface area contributed by atoms with E-state index in [4.69, 9.17) is 9.47 Å². The average molecular weight is 764 g/mol. The van der Waals surface area contributed by atoms with E-state index in [-0.39, 0.29) is 24.3 Å². The number of hydrogen-bond donors (Lipinski definition) is 4. The summed E-state index contributed by atoms with van der Waals surface area (Å²) < 4.78 is 159. The first-order valence-corrected chi connectivity index (χ1v) is 14.0. The molecular formula is C33H18F10O10. The molecule has 4 rings (SSSR count). The van der Waals surface area contributed by atoms with E-state index < -0.39 is 110 Å². The van der Waals surface area contributed by atoms with E-state index in [0.29, 0.717) is 48.5 Å². The Kier molecular flexibility index (Phi) is 10.2. The molecule has 10 nitrogen and oxygen atoms in total. The van der Waals surface area contributed by atoms with Gasteiger partial charge < -0.3 is 29.9 Å². The first kappa shape index (κ1) is 39.4. The molecule has 0 radical (unpaired) electrons. The lowest BCUT2D eigenvalue weighted by atomic mass is 9.64. The summed E-state index contributed by atoms with van der Waals surface area (Å²) in [5.74, 6) is -24.5. The molecule has 0 aliphatic carbocycles. The van der Waals surface area contributed by atoms with Crippen LogP contribution in [0.25, 0.3) is 0 Å². The fourth-order valence-electron chi connectivity index (χ4n) is 5.27. The van der Waals surface area contributed by atoms with E-state index >= 15 is 17.6 Å². The van der Waals surface area contributed by atoms with Crippen LogP contribution < -0.4 is 9.47 Å². The molecule has 0 saturated carbocycles. The maximum Gasteiger partial charge on any atom is 0.454 e. The largest absolute Gasteiger partial charge is 0.478 e. The summed E-state index contributed by atoms with van der Waals surface area (Å²) in [5.41, 5.74) is -13.3. The number of carboxylic acids is 4. The second kappa shape index (κ2) is 13.7. The minimum Gasteiger partial charge on any atom is -0.478 e. The van der Waals surface area contributed by atoms with Gasteiger partial charge in [0.25, 0.3) is 0 Å². The van der Waals surface area contributed by atoms with Crippen molar-refractivity contribution in [3.63, 3.8) is 0 Å². The molecule has 0 saturated heterocycles. The summed E-state index contributed by atoms with van der Waals surface area (Å²) in [6, 6.07) is 6.43. The molecule has 53 heavy (non-hydrogen) atoms. The van der Waals surface area contributed by atoms with E-state index in [1.807, 2.05) is 0 Å². The van der Waals surface area contributed by atoms with E-state index in [9.17, 15) is 65.9 Å². The lowest BCUT2D eigenvalue weighted by Gasteiger charge is -2.46. The van der Waals surface area contributed by atoms with Crippen LogP contribution in [0.2, 0.25) is 0 Å². The first-order chi connectivity index (χ1) is 24.4. The molecule has 20 heteroatoms. The number of ether oxygens (including phenoxy) is 2. The number of rotatable bonds is 12. The smallest absolute Gasteiger partial charge is 0.454 e. The zero-order chi connectivity index (χ0) is 39.9. The first-order valence-electron chi connectivity index (χ1n) is 14.0. The summed E-state index contributed by atoms with van der Waals surface area (Å²) in [6.07, 6.45) is -14.3.